The second kappa shape index (κ2) is 6.00. The maximum atomic E-state index is 13.8. The molecule has 3 rings (SSSR count). The Bertz CT molecular complexity index is 757. The van der Waals surface area contributed by atoms with E-state index in [1.165, 1.54) is 6.07 Å². The van der Waals surface area contributed by atoms with Gasteiger partial charge in [-0.2, -0.15) is 5.10 Å². The van der Waals surface area contributed by atoms with Gasteiger partial charge in [0, 0.05) is 11.3 Å². The molecule has 0 saturated carbocycles. The molecule has 0 saturated heterocycles. The normalized spacial score (nSPS) is 17.5. The second-order valence-corrected chi connectivity index (χ2v) is 7.14. The minimum atomic E-state index is -0.853. The molecule has 1 aromatic carbocycles. The Balaban J connectivity index is 1.89. The smallest absolute Gasteiger partial charge is 0.257 e. The zero-order valence-electron chi connectivity index (χ0n) is 14.1. The summed E-state index contributed by atoms with van der Waals surface area (Å²) in [5, 5.41) is 7.22. The third-order valence-corrected chi connectivity index (χ3v) is 4.31. The number of aromatic nitrogens is 2. The molecule has 0 bridgehead atoms. The number of hydrogen-bond acceptors (Lipinski definition) is 2. The van der Waals surface area contributed by atoms with E-state index < -0.39 is 23.1 Å². The summed E-state index contributed by atoms with van der Waals surface area (Å²) in [6, 6.07) is 3.13. The summed E-state index contributed by atoms with van der Waals surface area (Å²) >= 11 is 0. The minimum Gasteiger partial charge on any atom is -0.345 e. The summed E-state index contributed by atoms with van der Waals surface area (Å²) in [5.74, 6) is -2.44. The van der Waals surface area contributed by atoms with Gasteiger partial charge in [-0.05, 0) is 52.2 Å². The first-order valence-corrected chi connectivity index (χ1v) is 8.11. The largest absolute Gasteiger partial charge is 0.345 e. The first-order valence-electron chi connectivity index (χ1n) is 8.11. The van der Waals surface area contributed by atoms with Crippen molar-refractivity contribution in [3.8, 4) is 0 Å². The molecule has 1 aliphatic rings. The van der Waals surface area contributed by atoms with E-state index in [1.54, 1.807) is 6.20 Å². The van der Waals surface area contributed by atoms with Crippen molar-refractivity contribution in [1.29, 1.82) is 0 Å². The average molecular weight is 333 g/mol. The van der Waals surface area contributed by atoms with Crippen molar-refractivity contribution in [2.45, 2.75) is 51.6 Å². The van der Waals surface area contributed by atoms with Crippen LogP contribution in [0.4, 0.5) is 8.78 Å². The average Bonchev–Trinajstić information content (AvgIpc) is 2.92. The summed E-state index contributed by atoms with van der Waals surface area (Å²) in [6.45, 7) is 6.20. The van der Waals surface area contributed by atoms with E-state index in [2.05, 4.69) is 31.2 Å². The number of fused-ring (bicyclic) bond motifs is 1. The molecule has 1 amide bonds. The highest BCUT2D eigenvalue weighted by atomic mass is 19.1. The zero-order chi connectivity index (χ0) is 17.5. The molecule has 2 aromatic rings. The van der Waals surface area contributed by atoms with Crippen LogP contribution in [0.5, 0.6) is 0 Å². The summed E-state index contributed by atoms with van der Waals surface area (Å²) in [4.78, 5) is 12.3. The van der Waals surface area contributed by atoms with Crippen LogP contribution in [0.2, 0.25) is 0 Å². The molecule has 1 atom stereocenters. The molecule has 0 spiro atoms. The fraction of sp³-hybridized carbons (Fsp3) is 0.444. The maximum Gasteiger partial charge on any atom is 0.257 e. The van der Waals surface area contributed by atoms with Gasteiger partial charge in [0.25, 0.3) is 5.91 Å². The van der Waals surface area contributed by atoms with Crippen molar-refractivity contribution < 1.29 is 13.6 Å². The van der Waals surface area contributed by atoms with Gasteiger partial charge in [-0.25, -0.2) is 8.78 Å². The van der Waals surface area contributed by atoms with Crippen molar-refractivity contribution in [3.05, 3.63) is 52.9 Å². The monoisotopic (exact) mass is 333 g/mol. The lowest BCUT2D eigenvalue weighted by molar-refractivity contribution is 0.0924. The van der Waals surface area contributed by atoms with Gasteiger partial charge in [-0.3, -0.25) is 9.48 Å². The van der Waals surface area contributed by atoms with Gasteiger partial charge in [0.05, 0.1) is 17.8 Å². The standard InChI is InChI=1S/C18H21F2N3O/c1-18(2,3)23-15-9-5-8-14(11(15)10-21-23)22-17(24)16-12(19)6-4-7-13(16)20/h4,6-7,10,14H,5,8-9H2,1-3H3,(H,22,24)/t14-/m1/s1. The number of rotatable bonds is 2. The Hall–Kier alpha value is -2.24. The zero-order valence-corrected chi connectivity index (χ0v) is 14.1. The van der Waals surface area contributed by atoms with Crippen molar-refractivity contribution in [2.75, 3.05) is 0 Å². The van der Waals surface area contributed by atoms with Gasteiger partial charge >= 0.3 is 0 Å². The number of nitrogens with one attached hydrogen (secondary N) is 1. The fourth-order valence-electron chi connectivity index (χ4n) is 3.23. The molecular weight excluding hydrogens is 312 g/mol. The Kier molecular flexibility index (Phi) is 4.15. The third kappa shape index (κ3) is 2.92. The molecule has 4 nitrogen and oxygen atoms in total. The topological polar surface area (TPSA) is 46.9 Å². The molecule has 6 heteroatoms. The van der Waals surface area contributed by atoms with Crippen LogP contribution in [0.15, 0.2) is 24.4 Å². The summed E-state index contributed by atoms with van der Waals surface area (Å²) in [5.41, 5.74) is 1.32. The molecule has 0 aliphatic heterocycles. The Labute approximate surface area is 139 Å². The predicted octanol–water partition coefficient (Wildman–Crippen LogP) is 3.72. The van der Waals surface area contributed by atoms with Crippen LogP contribution in [0.25, 0.3) is 0 Å². The lowest BCUT2D eigenvalue weighted by Crippen LogP contribution is -2.33. The predicted molar refractivity (Wildman–Crippen MR) is 86.7 cm³/mol. The number of benzene rings is 1. The lowest BCUT2D eigenvalue weighted by Gasteiger charge is -2.28. The van der Waals surface area contributed by atoms with Crippen LogP contribution in [0, 0.1) is 11.6 Å². The molecule has 1 heterocycles. The van der Waals surface area contributed by atoms with Crippen LogP contribution in [0.3, 0.4) is 0 Å². The first kappa shape index (κ1) is 16.6. The highest BCUT2D eigenvalue weighted by Crippen LogP contribution is 2.32. The third-order valence-electron chi connectivity index (χ3n) is 4.31. The van der Waals surface area contributed by atoms with Gasteiger partial charge in [0.15, 0.2) is 0 Å². The maximum absolute atomic E-state index is 13.8. The molecule has 1 aliphatic carbocycles. The molecule has 0 fully saturated rings. The highest BCUT2D eigenvalue weighted by molar-refractivity contribution is 5.95. The van der Waals surface area contributed by atoms with E-state index >= 15 is 0 Å². The molecule has 1 aromatic heterocycles. The SMILES string of the molecule is CC(C)(C)n1ncc2c1CCC[C@H]2NC(=O)c1c(F)cccc1F. The second-order valence-electron chi connectivity index (χ2n) is 7.14. The van der Waals surface area contributed by atoms with Crippen LogP contribution >= 0.6 is 0 Å². The molecule has 1 N–H and O–H groups in total. The molecule has 128 valence electrons. The Morgan fingerprint density at radius 2 is 1.96 bits per heavy atom. The van der Waals surface area contributed by atoms with Crippen molar-refractivity contribution in [1.82, 2.24) is 15.1 Å². The van der Waals surface area contributed by atoms with Crippen molar-refractivity contribution in [2.24, 2.45) is 0 Å². The highest BCUT2D eigenvalue weighted by Gasteiger charge is 2.30. The Morgan fingerprint density at radius 1 is 1.29 bits per heavy atom. The van der Waals surface area contributed by atoms with Crippen molar-refractivity contribution >= 4 is 5.91 Å². The number of hydrogen-bond donors (Lipinski definition) is 1. The summed E-state index contributed by atoms with van der Waals surface area (Å²) < 4.78 is 29.6. The fourth-order valence-corrected chi connectivity index (χ4v) is 3.23. The number of nitrogens with zero attached hydrogens (tertiary/aromatic N) is 2. The van der Waals surface area contributed by atoms with Gasteiger partial charge < -0.3 is 5.32 Å². The Morgan fingerprint density at radius 3 is 2.58 bits per heavy atom. The lowest BCUT2D eigenvalue weighted by atomic mass is 9.92. The van der Waals surface area contributed by atoms with E-state index in [0.717, 1.165) is 42.7 Å². The van der Waals surface area contributed by atoms with Gasteiger partial charge in [-0.1, -0.05) is 6.07 Å². The minimum absolute atomic E-state index is 0.156. The van der Waals surface area contributed by atoms with E-state index in [-0.39, 0.29) is 11.6 Å². The van der Waals surface area contributed by atoms with Crippen LogP contribution in [0.1, 0.15) is 61.3 Å². The van der Waals surface area contributed by atoms with Crippen molar-refractivity contribution in [3.63, 3.8) is 0 Å². The molecule has 24 heavy (non-hydrogen) atoms. The van der Waals surface area contributed by atoms with Crippen LogP contribution in [-0.4, -0.2) is 15.7 Å². The summed E-state index contributed by atoms with van der Waals surface area (Å²) in [7, 11) is 0. The number of halogens is 2. The van der Waals surface area contributed by atoms with E-state index in [0.29, 0.717) is 0 Å². The number of carbonyl (C=O) groups is 1. The van der Waals surface area contributed by atoms with E-state index in [9.17, 15) is 13.6 Å². The number of carbonyl (C=O) groups excluding carboxylic acids is 1. The van der Waals surface area contributed by atoms with E-state index in [1.807, 2.05) is 4.68 Å². The van der Waals surface area contributed by atoms with Crippen LogP contribution < -0.4 is 5.32 Å². The summed E-state index contributed by atoms with van der Waals surface area (Å²) in [6.07, 6.45) is 4.25. The van der Waals surface area contributed by atoms with Gasteiger partial charge in [0.2, 0.25) is 0 Å². The van der Waals surface area contributed by atoms with E-state index in [4.69, 9.17) is 0 Å². The van der Waals surface area contributed by atoms with Gasteiger partial charge in [0.1, 0.15) is 17.2 Å². The molecule has 0 unspecified atom stereocenters. The molecular formula is C18H21F2N3O. The van der Waals surface area contributed by atoms with Gasteiger partial charge in [-0.15, -0.1) is 0 Å². The quantitative estimate of drug-likeness (QED) is 0.910. The number of amides is 1. The first-order chi connectivity index (χ1) is 11.3. The van der Waals surface area contributed by atoms with Crippen LogP contribution in [-0.2, 0) is 12.0 Å². The molecule has 0 radical (unpaired) electrons.